The van der Waals surface area contributed by atoms with Crippen LogP contribution in [0.5, 0.6) is 0 Å². The second kappa shape index (κ2) is 8.55. The smallest absolute Gasteiger partial charge is 0.225 e. The summed E-state index contributed by atoms with van der Waals surface area (Å²) in [7, 11) is 1.79. The molecule has 1 amide bonds. The molecule has 5 heteroatoms. The molecular formula is C18H36N4O. The summed E-state index contributed by atoms with van der Waals surface area (Å²) in [5, 5.41) is 9.68. The van der Waals surface area contributed by atoms with E-state index in [9.17, 15) is 4.79 Å². The minimum absolute atomic E-state index is 0.0765. The van der Waals surface area contributed by atoms with E-state index in [-0.39, 0.29) is 11.3 Å². The van der Waals surface area contributed by atoms with Crippen LogP contribution in [0.25, 0.3) is 0 Å². The number of rotatable bonds is 7. The molecule has 0 bridgehead atoms. The summed E-state index contributed by atoms with van der Waals surface area (Å²) in [5.41, 5.74) is 0.111. The number of carbonyl (C=O) groups is 1. The molecule has 0 aromatic rings. The fourth-order valence-corrected chi connectivity index (χ4v) is 3.11. The Balaban J connectivity index is 2.29. The van der Waals surface area contributed by atoms with Crippen LogP contribution in [0.1, 0.15) is 60.3 Å². The monoisotopic (exact) mass is 324 g/mol. The molecular weight excluding hydrogens is 288 g/mol. The zero-order valence-corrected chi connectivity index (χ0v) is 15.9. The van der Waals surface area contributed by atoms with E-state index in [1.54, 1.807) is 7.05 Å². The first kappa shape index (κ1) is 19.8. The van der Waals surface area contributed by atoms with Gasteiger partial charge in [-0.05, 0) is 30.6 Å². The van der Waals surface area contributed by atoms with Crippen LogP contribution in [0.4, 0.5) is 0 Å². The van der Waals surface area contributed by atoms with Gasteiger partial charge in [-0.15, -0.1) is 0 Å². The van der Waals surface area contributed by atoms with Gasteiger partial charge in [-0.3, -0.25) is 9.79 Å². The van der Waals surface area contributed by atoms with Crippen LogP contribution in [-0.2, 0) is 4.79 Å². The number of carbonyl (C=O) groups excluding carboxylic acids is 1. The van der Waals surface area contributed by atoms with Gasteiger partial charge in [0.2, 0.25) is 5.91 Å². The normalized spacial score (nSPS) is 17.6. The van der Waals surface area contributed by atoms with Crippen molar-refractivity contribution >= 4 is 11.9 Å². The van der Waals surface area contributed by atoms with Crippen LogP contribution in [0.2, 0.25) is 0 Å². The fraction of sp³-hybridized carbons (Fsp3) is 0.889. The number of amides is 1. The van der Waals surface area contributed by atoms with Crippen molar-refractivity contribution in [1.82, 2.24) is 16.0 Å². The number of guanidine groups is 1. The largest absolute Gasteiger partial charge is 0.356 e. The Morgan fingerprint density at radius 3 is 2.17 bits per heavy atom. The summed E-state index contributed by atoms with van der Waals surface area (Å²) >= 11 is 0. The maximum atomic E-state index is 11.8. The molecule has 1 aliphatic carbocycles. The minimum Gasteiger partial charge on any atom is -0.356 e. The third-order valence-corrected chi connectivity index (χ3v) is 4.49. The SMILES string of the molecule is CN=C(NCCNC(=O)C(C)(C)C)NCC1(CC(C)C)CCC1. The lowest BCUT2D eigenvalue weighted by atomic mass is 9.64. The highest BCUT2D eigenvalue weighted by Crippen LogP contribution is 2.45. The van der Waals surface area contributed by atoms with E-state index in [0.29, 0.717) is 18.5 Å². The van der Waals surface area contributed by atoms with Crippen LogP contribution in [-0.4, -0.2) is 38.5 Å². The lowest BCUT2D eigenvalue weighted by molar-refractivity contribution is -0.128. The topological polar surface area (TPSA) is 65.5 Å². The zero-order chi connectivity index (χ0) is 17.5. The number of hydrogen-bond acceptors (Lipinski definition) is 2. The summed E-state index contributed by atoms with van der Waals surface area (Å²) in [5.74, 6) is 1.64. The van der Waals surface area contributed by atoms with Crippen LogP contribution in [0.3, 0.4) is 0 Å². The molecule has 1 rings (SSSR count). The molecule has 0 aromatic carbocycles. The van der Waals surface area contributed by atoms with Crippen LogP contribution >= 0.6 is 0 Å². The summed E-state index contributed by atoms with van der Waals surface area (Å²) < 4.78 is 0. The van der Waals surface area contributed by atoms with Crippen LogP contribution < -0.4 is 16.0 Å². The number of nitrogens with zero attached hydrogens (tertiary/aromatic N) is 1. The molecule has 0 radical (unpaired) electrons. The number of aliphatic imine (C=N–C) groups is 1. The lowest BCUT2D eigenvalue weighted by Gasteiger charge is -2.43. The molecule has 1 saturated carbocycles. The summed E-state index contributed by atoms with van der Waals surface area (Å²) in [4.78, 5) is 16.1. The Morgan fingerprint density at radius 2 is 1.74 bits per heavy atom. The molecule has 0 aliphatic heterocycles. The van der Waals surface area contributed by atoms with Crippen molar-refractivity contribution in [3.05, 3.63) is 0 Å². The van der Waals surface area contributed by atoms with Gasteiger partial charge >= 0.3 is 0 Å². The molecule has 5 nitrogen and oxygen atoms in total. The molecule has 1 fully saturated rings. The van der Waals surface area contributed by atoms with E-state index >= 15 is 0 Å². The third-order valence-electron chi connectivity index (χ3n) is 4.49. The molecule has 0 unspecified atom stereocenters. The maximum Gasteiger partial charge on any atom is 0.225 e. The predicted molar refractivity (Wildman–Crippen MR) is 97.6 cm³/mol. The third kappa shape index (κ3) is 6.80. The van der Waals surface area contributed by atoms with Crippen molar-refractivity contribution in [1.29, 1.82) is 0 Å². The van der Waals surface area contributed by atoms with E-state index < -0.39 is 0 Å². The van der Waals surface area contributed by atoms with Crippen molar-refractivity contribution < 1.29 is 4.79 Å². The first-order chi connectivity index (χ1) is 10.7. The zero-order valence-electron chi connectivity index (χ0n) is 15.9. The van der Waals surface area contributed by atoms with Gasteiger partial charge in [0.15, 0.2) is 5.96 Å². The first-order valence-electron chi connectivity index (χ1n) is 8.91. The quantitative estimate of drug-likeness (QED) is 0.383. The van der Waals surface area contributed by atoms with Gasteiger partial charge in [-0.1, -0.05) is 41.0 Å². The van der Waals surface area contributed by atoms with E-state index in [4.69, 9.17) is 0 Å². The van der Waals surface area contributed by atoms with Gasteiger partial charge in [0.25, 0.3) is 0 Å². The van der Waals surface area contributed by atoms with Crippen LogP contribution in [0.15, 0.2) is 4.99 Å². The Morgan fingerprint density at radius 1 is 1.13 bits per heavy atom. The van der Waals surface area contributed by atoms with Gasteiger partial charge in [-0.2, -0.15) is 0 Å². The average molecular weight is 325 g/mol. The van der Waals surface area contributed by atoms with Gasteiger partial charge in [0.1, 0.15) is 0 Å². The van der Waals surface area contributed by atoms with E-state index in [0.717, 1.165) is 18.4 Å². The Hall–Kier alpha value is -1.26. The van der Waals surface area contributed by atoms with Crippen molar-refractivity contribution in [3.8, 4) is 0 Å². The van der Waals surface area contributed by atoms with Crippen LogP contribution in [0, 0.1) is 16.7 Å². The Labute approximate surface area is 142 Å². The van der Waals surface area contributed by atoms with Gasteiger partial charge in [-0.25, -0.2) is 0 Å². The van der Waals surface area contributed by atoms with Crippen molar-refractivity contribution in [2.24, 2.45) is 21.7 Å². The maximum absolute atomic E-state index is 11.8. The summed E-state index contributed by atoms with van der Waals surface area (Å²) in [6, 6.07) is 0. The molecule has 0 aromatic heterocycles. The van der Waals surface area contributed by atoms with Crippen molar-refractivity contribution in [3.63, 3.8) is 0 Å². The highest BCUT2D eigenvalue weighted by Gasteiger charge is 2.37. The molecule has 23 heavy (non-hydrogen) atoms. The lowest BCUT2D eigenvalue weighted by Crippen LogP contribution is -2.48. The molecule has 0 spiro atoms. The molecule has 0 atom stereocenters. The predicted octanol–water partition coefficient (Wildman–Crippen LogP) is 2.53. The van der Waals surface area contributed by atoms with Crippen molar-refractivity contribution in [2.45, 2.75) is 60.3 Å². The Bertz CT molecular complexity index is 406. The van der Waals surface area contributed by atoms with E-state index in [1.165, 1.54) is 25.7 Å². The minimum atomic E-state index is -0.340. The molecule has 3 N–H and O–H groups in total. The van der Waals surface area contributed by atoms with Gasteiger partial charge in [0.05, 0.1) is 0 Å². The second-order valence-corrected chi connectivity index (χ2v) is 8.31. The van der Waals surface area contributed by atoms with Crippen molar-refractivity contribution in [2.75, 3.05) is 26.7 Å². The first-order valence-corrected chi connectivity index (χ1v) is 8.91. The fourth-order valence-electron chi connectivity index (χ4n) is 3.11. The van der Waals surface area contributed by atoms with Gasteiger partial charge < -0.3 is 16.0 Å². The highest BCUT2D eigenvalue weighted by molar-refractivity contribution is 5.81. The number of nitrogens with one attached hydrogen (secondary N) is 3. The summed E-state index contributed by atoms with van der Waals surface area (Å²) in [6.45, 7) is 12.6. The summed E-state index contributed by atoms with van der Waals surface area (Å²) in [6.07, 6.45) is 5.26. The molecule has 134 valence electrons. The average Bonchev–Trinajstić information content (AvgIpc) is 2.41. The molecule has 0 saturated heterocycles. The van der Waals surface area contributed by atoms with Gasteiger partial charge in [0, 0.05) is 32.1 Å². The Kier molecular flexibility index (Phi) is 7.36. The molecule has 1 aliphatic rings. The molecule has 0 heterocycles. The highest BCUT2D eigenvalue weighted by atomic mass is 16.2. The van der Waals surface area contributed by atoms with E-state index in [1.807, 2.05) is 20.8 Å². The van der Waals surface area contributed by atoms with E-state index in [2.05, 4.69) is 34.8 Å². The standard InChI is InChI=1S/C18H36N4O/c1-14(2)12-18(8-7-9-18)13-22-16(19-6)21-11-10-20-15(23)17(3,4)5/h14H,7-13H2,1-6H3,(H,20,23)(H2,19,21,22). The second-order valence-electron chi connectivity index (χ2n) is 8.31. The number of hydrogen-bond donors (Lipinski definition) is 3.